The van der Waals surface area contributed by atoms with Crippen LogP contribution in [0, 0.1) is 0 Å². The Morgan fingerprint density at radius 2 is 1.70 bits per heavy atom. The molecule has 3 aromatic rings. The summed E-state index contributed by atoms with van der Waals surface area (Å²) in [5, 5.41) is 38.3. The van der Waals surface area contributed by atoms with E-state index in [-0.39, 0.29) is 29.3 Å². The molecule has 0 aliphatic heterocycles. The van der Waals surface area contributed by atoms with Gasteiger partial charge in [-0.2, -0.15) is 0 Å². The van der Waals surface area contributed by atoms with Crippen LogP contribution in [0.4, 0.5) is 0 Å². The monoisotopic (exact) mass is 314 g/mol. The van der Waals surface area contributed by atoms with Gasteiger partial charge in [0, 0.05) is 17.4 Å². The highest BCUT2D eigenvalue weighted by Crippen LogP contribution is 2.37. The second-order valence-electron chi connectivity index (χ2n) is 5.19. The Morgan fingerprint density at radius 1 is 0.957 bits per heavy atom. The van der Waals surface area contributed by atoms with Gasteiger partial charge in [-0.25, -0.2) is 0 Å². The molecule has 0 amide bonds. The van der Waals surface area contributed by atoms with Crippen molar-refractivity contribution in [2.75, 3.05) is 0 Å². The summed E-state index contributed by atoms with van der Waals surface area (Å²) in [6.07, 6.45) is 0.284. The molecule has 4 N–H and O–H groups in total. The topological polar surface area (TPSA) is 111 Å². The van der Waals surface area contributed by atoms with E-state index in [1.165, 1.54) is 18.2 Å². The molecule has 1 aromatic heterocycles. The normalized spacial score (nSPS) is 11.0. The van der Waals surface area contributed by atoms with E-state index in [0.717, 1.165) is 5.56 Å². The van der Waals surface area contributed by atoms with Gasteiger partial charge < -0.3 is 24.8 Å². The molecule has 23 heavy (non-hydrogen) atoms. The zero-order chi connectivity index (χ0) is 16.6. The van der Waals surface area contributed by atoms with E-state index in [1.807, 2.05) is 0 Å². The Kier molecular flexibility index (Phi) is 3.57. The molecule has 0 spiro atoms. The molecule has 0 bridgehead atoms. The van der Waals surface area contributed by atoms with Crippen molar-refractivity contribution < 1.29 is 29.6 Å². The van der Waals surface area contributed by atoms with E-state index < -0.39 is 5.97 Å². The fraction of sp³-hybridized carbons (Fsp3) is 0.118. The zero-order valence-electron chi connectivity index (χ0n) is 12.0. The van der Waals surface area contributed by atoms with Crippen molar-refractivity contribution in [2.45, 2.75) is 12.8 Å². The highest BCUT2D eigenvalue weighted by Gasteiger charge is 2.15. The minimum absolute atomic E-state index is 0.0274. The van der Waals surface area contributed by atoms with E-state index in [0.29, 0.717) is 23.1 Å². The van der Waals surface area contributed by atoms with Crippen LogP contribution in [0.15, 0.2) is 40.8 Å². The molecular formula is C17H14O6. The van der Waals surface area contributed by atoms with Gasteiger partial charge >= 0.3 is 5.97 Å². The van der Waals surface area contributed by atoms with Gasteiger partial charge in [-0.3, -0.25) is 4.79 Å². The molecule has 0 saturated heterocycles. The fourth-order valence-corrected chi connectivity index (χ4v) is 2.44. The first kappa shape index (κ1) is 14.8. The lowest BCUT2D eigenvalue weighted by Gasteiger charge is -2.01. The maximum absolute atomic E-state index is 10.7. The number of hydrogen-bond donors (Lipinski definition) is 4. The minimum atomic E-state index is -0.904. The Bertz CT molecular complexity index is 893. The van der Waals surface area contributed by atoms with Crippen LogP contribution in [0.3, 0.4) is 0 Å². The average Bonchev–Trinajstić information content (AvgIpc) is 2.95. The van der Waals surface area contributed by atoms with Gasteiger partial charge in [0.2, 0.25) is 0 Å². The second kappa shape index (κ2) is 5.57. The lowest BCUT2D eigenvalue weighted by Crippen LogP contribution is -1.97. The molecule has 3 rings (SSSR count). The number of furan rings is 1. The third kappa shape index (κ3) is 2.78. The Morgan fingerprint density at radius 3 is 2.39 bits per heavy atom. The standard InChI is InChI=1S/C17H14O6/c18-12-4-2-10(7-14(12)20)15-8-11-9(3-6-16(21)22)1-5-13(19)17(11)23-15/h1-2,4-5,7-8,18-20H,3,6H2,(H,21,22). The van der Waals surface area contributed by atoms with Crippen molar-refractivity contribution in [3.05, 3.63) is 42.0 Å². The molecule has 1 heterocycles. The van der Waals surface area contributed by atoms with Gasteiger partial charge in [0.05, 0.1) is 0 Å². The first-order valence-electron chi connectivity index (χ1n) is 6.94. The summed E-state index contributed by atoms with van der Waals surface area (Å²) in [5.74, 6) is -1.08. The number of aryl methyl sites for hydroxylation is 1. The molecule has 0 radical (unpaired) electrons. The van der Waals surface area contributed by atoms with Gasteiger partial charge in [0.15, 0.2) is 22.8 Å². The predicted molar refractivity (Wildman–Crippen MR) is 82.6 cm³/mol. The van der Waals surface area contributed by atoms with Crippen LogP contribution < -0.4 is 0 Å². The van der Waals surface area contributed by atoms with Crippen LogP contribution in [-0.2, 0) is 11.2 Å². The van der Waals surface area contributed by atoms with Crippen LogP contribution in [0.1, 0.15) is 12.0 Å². The van der Waals surface area contributed by atoms with Crippen LogP contribution in [0.5, 0.6) is 17.2 Å². The molecule has 0 saturated carbocycles. The molecule has 118 valence electrons. The number of carboxylic acids is 1. The van der Waals surface area contributed by atoms with E-state index in [1.54, 1.807) is 18.2 Å². The molecule has 6 heteroatoms. The van der Waals surface area contributed by atoms with E-state index in [2.05, 4.69) is 0 Å². The zero-order valence-corrected chi connectivity index (χ0v) is 12.0. The third-order valence-electron chi connectivity index (χ3n) is 3.62. The first-order valence-corrected chi connectivity index (χ1v) is 6.94. The number of benzene rings is 2. The van der Waals surface area contributed by atoms with E-state index in [4.69, 9.17) is 9.52 Å². The van der Waals surface area contributed by atoms with Gasteiger partial charge in [-0.05, 0) is 42.3 Å². The van der Waals surface area contributed by atoms with Crippen molar-refractivity contribution in [3.8, 4) is 28.6 Å². The summed E-state index contributed by atoms with van der Waals surface area (Å²) in [6.45, 7) is 0. The molecule has 0 unspecified atom stereocenters. The third-order valence-corrected chi connectivity index (χ3v) is 3.62. The Hall–Kier alpha value is -3.15. The average molecular weight is 314 g/mol. The molecule has 0 aliphatic carbocycles. The predicted octanol–water partition coefficient (Wildman–Crippen LogP) is 3.23. The highest BCUT2D eigenvalue weighted by atomic mass is 16.4. The number of carboxylic acid groups (broad SMARTS) is 1. The second-order valence-corrected chi connectivity index (χ2v) is 5.19. The smallest absolute Gasteiger partial charge is 0.303 e. The summed E-state index contributed by atoms with van der Waals surface area (Å²) in [5.41, 5.74) is 1.54. The van der Waals surface area contributed by atoms with Crippen molar-refractivity contribution in [3.63, 3.8) is 0 Å². The van der Waals surface area contributed by atoms with E-state index in [9.17, 15) is 20.1 Å². The maximum atomic E-state index is 10.7. The van der Waals surface area contributed by atoms with Gasteiger partial charge in [-0.1, -0.05) is 6.07 Å². The van der Waals surface area contributed by atoms with Gasteiger partial charge in [-0.15, -0.1) is 0 Å². The van der Waals surface area contributed by atoms with Crippen molar-refractivity contribution in [2.24, 2.45) is 0 Å². The number of fused-ring (bicyclic) bond motifs is 1. The SMILES string of the molecule is O=C(O)CCc1ccc(O)c2oc(-c3ccc(O)c(O)c3)cc12. The Labute approximate surface area is 130 Å². The summed E-state index contributed by atoms with van der Waals surface area (Å²) < 4.78 is 5.64. The lowest BCUT2D eigenvalue weighted by molar-refractivity contribution is -0.136. The van der Waals surface area contributed by atoms with Crippen LogP contribution >= 0.6 is 0 Å². The highest BCUT2D eigenvalue weighted by molar-refractivity contribution is 5.90. The molecule has 2 aromatic carbocycles. The van der Waals surface area contributed by atoms with E-state index >= 15 is 0 Å². The number of aromatic hydroxyl groups is 3. The number of phenols is 3. The largest absolute Gasteiger partial charge is 0.504 e. The molecule has 0 aliphatic rings. The van der Waals surface area contributed by atoms with Crippen LogP contribution in [-0.4, -0.2) is 26.4 Å². The Balaban J connectivity index is 2.09. The maximum Gasteiger partial charge on any atom is 0.303 e. The molecular weight excluding hydrogens is 300 g/mol. The first-order chi connectivity index (χ1) is 11.0. The summed E-state index contributed by atoms with van der Waals surface area (Å²) >= 11 is 0. The molecule has 0 fully saturated rings. The number of rotatable bonds is 4. The number of phenolic OH excluding ortho intramolecular Hbond substituents is 3. The van der Waals surface area contributed by atoms with Crippen molar-refractivity contribution in [1.82, 2.24) is 0 Å². The quantitative estimate of drug-likeness (QED) is 0.550. The fourth-order valence-electron chi connectivity index (χ4n) is 2.44. The minimum Gasteiger partial charge on any atom is -0.504 e. The number of hydrogen-bond acceptors (Lipinski definition) is 5. The van der Waals surface area contributed by atoms with Crippen molar-refractivity contribution in [1.29, 1.82) is 0 Å². The number of carbonyl (C=O) groups is 1. The molecule has 6 nitrogen and oxygen atoms in total. The number of aliphatic carboxylic acids is 1. The molecule has 0 atom stereocenters. The van der Waals surface area contributed by atoms with Crippen LogP contribution in [0.2, 0.25) is 0 Å². The van der Waals surface area contributed by atoms with Crippen molar-refractivity contribution >= 4 is 16.9 Å². The summed E-state index contributed by atoms with van der Waals surface area (Å²) in [4.78, 5) is 10.7. The lowest BCUT2D eigenvalue weighted by atomic mass is 10.0. The summed E-state index contributed by atoms with van der Waals surface area (Å²) in [6, 6.07) is 9.05. The van der Waals surface area contributed by atoms with Gasteiger partial charge in [0.25, 0.3) is 0 Å². The van der Waals surface area contributed by atoms with Crippen LogP contribution in [0.25, 0.3) is 22.3 Å². The van der Waals surface area contributed by atoms with Gasteiger partial charge in [0.1, 0.15) is 5.76 Å². The summed E-state index contributed by atoms with van der Waals surface area (Å²) in [7, 11) is 0.